The molecule has 1 N–H and O–H groups in total. The minimum absolute atomic E-state index is 0. The van der Waals surface area contributed by atoms with E-state index < -0.39 is 0 Å². The molecule has 0 aliphatic heterocycles. The van der Waals surface area contributed by atoms with E-state index >= 15 is 0 Å². The van der Waals surface area contributed by atoms with E-state index in [9.17, 15) is 4.79 Å². The maximum Gasteiger partial charge on any atom is 0.262 e. The number of aromatic nitrogens is 1. The Bertz CT molecular complexity index is 1160. The van der Waals surface area contributed by atoms with Gasteiger partial charge in [-0.05, 0) is 30.7 Å². The molecule has 0 saturated heterocycles. The normalized spacial score (nSPS) is 10.7. The Hall–Kier alpha value is -2.09. The lowest BCUT2D eigenvalue weighted by Crippen LogP contribution is -3.00. The van der Waals surface area contributed by atoms with Crippen molar-refractivity contribution in [2.24, 2.45) is 0 Å². The molecule has 3 aromatic rings. The van der Waals surface area contributed by atoms with Crippen molar-refractivity contribution in [2.75, 3.05) is 18.5 Å². The minimum Gasteiger partial charge on any atom is -1.00 e. The lowest BCUT2D eigenvalue weighted by molar-refractivity contribution is -0.689. The number of nitrogens with zero attached hydrogens (tertiary/aromatic N) is 1. The van der Waals surface area contributed by atoms with Gasteiger partial charge >= 0.3 is 0 Å². The molecule has 0 saturated carbocycles. The monoisotopic (exact) mass is 664 g/mol. The molecule has 0 fully saturated rings. The second kappa shape index (κ2) is 20.7. The molecule has 0 radical (unpaired) electrons. The quantitative estimate of drug-likeness (QED) is 0.116. The number of carbonyl (C=O) groups excluding carboxylic acids is 1. The van der Waals surface area contributed by atoms with Gasteiger partial charge < -0.3 is 31.8 Å². The molecular weight excluding hydrogens is 620 g/mol. The van der Waals surface area contributed by atoms with E-state index in [-0.39, 0.29) is 29.5 Å². The third kappa shape index (κ3) is 13.6. The zero-order valence-corrected chi connectivity index (χ0v) is 27.8. The molecule has 5 nitrogen and oxygen atoms in total. The highest BCUT2D eigenvalue weighted by Crippen LogP contribution is 2.35. The van der Waals surface area contributed by atoms with Crippen LogP contribution in [0.3, 0.4) is 0 Å². The molecule has 0 aliphatic rings. The van der Waals surface area contributed by atoms with E-state index in [1.165, 1.54) is 69.2 Å². The number of aryl methyl sites for hydroxylation is 1. The van der Waals surface area contributed by atoms with E-state index in [4.69, 9.17) is 21.1 Å². The predicted octanol–water partition coefficient (Wildman–Crippen LogP) is 6.15. The predicted molar refractivity (Wildman–Crippen MR) is 167 cm³/mol. The first-order valence-corrected chi connectivity index (χ1v) is 16.2. The number of rotatable bonds is 20. The van der Waals surface area contributed by atoms with Gasteiger partial charge in [0.2, 0.25) is 5.01 Å². The number of hydrogen-bond donors (Lipinski definition) is 1. The van der Waals surface area contributed by atoms with Crippen molar-refractivity contribution in [2.45, 2.75) is 97.4 Å². The van der Waals surface area contributed by atoms with Gasteiger partial charge in [-0.15, -0.1) is 0 Å². The van der Waals surface area contributed by atoms with Crippen molar-refractivity contribution in [1.82, 2.24) is 0 Å². The first-order chi connectivity index (χ1) is 19.6. The first kappa shape index (κ1) is 35.1. The summed E-state index contributed by atoms with van der Waals surface area (Å²) in [6, 6.07) is 13.3. The Labute approximate surface area is 266 Å². The van der Waals surface area contributed by atoms with Crippen LogP contribution in [-0.2, 0) is 11.3 Å². The van der Waals surface area contributed by atoms with Crippen LogP contribution in [0.15, 0.2) is 54.0 Å². The lowest BCUT2D eigenvalue weighted by Gasteiger charge is -2.14. The molecule has 1 amide bonds. The minimum atomic E-state index is -0.233. The SMILES string of the molecule is CCCCCCCCCCCCCCOc1c(Cl)cccc1OCC(=O)Nc1cccc(C[n+]2ccsc2C)c1.[Br-]. The third-order valence-corrected chi connectivity index (χ3v) is 8.11. The molecule has 0 unspecified atom stereocenters. The molecule has 0 aliphatic carbocycles. The summed E-state index contributed by atoms with van der Waals surface area (Å²) >= 11 is 8.12. The fourth-order valence-corrected chi connectivity index (χ4v) is 5.57. The molecule has 41 heavy (non-hydrogen) atoms. The van der Waals surface area contributed by atoms with Crippen LogP contribution in [0, 0.1) is 6.92 Å². The van der Waals surface area contributed by atoms with Crippen LogP contribution in [0.1, 0.15) is 94.5 Å². The molecule has 8 heteroatoms. The summed E-state index contributed by atoms with van der Waals surface area (Å²) in [5.74, 6) is 0.758. The van der Waals surface area contributed by atoms with Crippen molar-refractivity contribution >= 4 is 34.5 Å². The number of amides is 1. The number of hydrogen-bond acceptors (Lipinski definition) is 4. The highest BCUT2D eigenvalue weighted by Gasteiger charge is 2.13. The number of anilines is 1. The standard InChI is InChI=1S/C33H45ClN2O3S.BrH/c1-3-4-5-6-7-8-9-10-11-12-13-14-22-38-33-30(34)19-16-20-31(33)39-26-32(37)35-29-18-15-17-28(24-29)25-36-21-23-40-27(36)2;/h15-21,23-24H,3-14,22,25-26H2,1-2H3;1H. The number of carbonyl (C=O) groups is 1. The fourth-order valence-electron chi connectivity index (χ4n) is 4.68. The number of thiazole rings is 1. The lowest BCUT2D eigenvalue weighted by atomic mass is 10.1. The van der Waals surface area contributed by atoms with E-state index in [1.807, 2.05) is 18.2 Å². The van der Waals surface area contributed by atoms with Gasteiger partial charge in [0.25, 0.3) is 5.91 Å². The smallest absolute Gasteiger partial charge is 0.262 e. The summed E-state index contributed by atoms with van der Waals surface area (Å²) in [5, 5.41) is 6.74. The number of unbranched alkanes of at least 4 members (excludes halogenated alkanes) is 11. The number of benzene rings is 2. The summed E-state index contributed by atoms with van der Waals surface area (Å²) in [7, 11) is 0. The van der Waals surface area contributed by atoms with Crippen molar-refractivity contribution in [3.05, 3.63) is 69.6 Å². The average molecular weight is 666 g/mol. The van der Waals surface area contributed by atoms with Crippen LogP contribution < -0.4 is 36.3 Å². The number of para-hydroxylation sites is 1. The molecular formula is C33H46BrClN2O3S. The number of nitrogens with one attached hydrogen (secondary N) is 1. The van der Waals surface area contributed by atoms with E-state index in [2.05, 4.69) is 41.4 Å². The van der Waals surface area contributed by atoms with E-state index in [1.54, 1.807) is 29.5 Å². The summed E-state index contributed by atoms with van der Waals surface area (Å²) in [4.78, 5) is 12.6. The van der Waals surface area contributed by atoms with Crippen molar-refractivity contribution in [1.29, 1.82) is 0 Å². The van der Waals surface area contributed by atoms with Gasteiger partial charge in [0.15, 0.2) is 30.8 Å². The van der Waals surface area contributed by atoms with Gasteiger partial charge in [0.05, 0.1) is 17.0 Å². The Morgan fingerprint density at radius 3 is 2.22 bits per heavy atom. The van der Waals surface area contributed by atoms with Crippen LogP contribution >= 0.6 is 22.9 Å². The van der Waals surface area contributed by atoms with Crippen molar-refractivity contribution in [3.8, 4) is 11.5 Å². The summed E-state index contributed by atoms with van der Waals surface area (Å²) in [5.41, 5.74) is 1.86. The van der Waals surface area contributed by atoms with Gasteiger partial charge in [0, 0.05) is 18.2 Å². The molecule has 226 valence electrons. The average Bonchev–Trinajstić information content (AvgIpc) is 3.35. The molecule has 1 heterocycles. The summed E-state index contributed by atoms with van der Waals surface area (Å²) in [6.45, 7) is 5.58. The number of ether oxygens (including phenoxy) is 2. The Balaban J connectivity index is 0.00000588. The van der Waals surface area contributed by atoms with Gasteiger partial charge in [-0.1, -0.05) is 119 Å². The van der Waals surface area contributed by atoms with E-state index in [0.717, 1.165) is 30.6 Å². The van der Waals surface area contributed by atoms with Crippen molar-refractivity contribution in [3.63, 3.8) is 0 Å². The molecule has 0 atom stereocenters. The van der Waals surface area contributed by atoms with Crippen LogP contribution in [0.25, 0.3) is 0 Å². The largest absolute Gasteiger partial charge is 1.00 e. The number of halogens is 2. The van der Waals surface area contributed by atoms with Crippen molar-refractivity contribution < 1.29 is 35.8 Å². The van der Waals surface area contributed by atoms with Crippen LogP contribution in [0.5, 0.6) is 11.5 Å². The highest BCUT2D eigenvalue weighted by atomic mass is 79.9. The summed E-state index contributed by atoms with van der Waals surface area (Å²) < 4.78 is 14.0. The summed E-state index contributed by atoms with van der Waals surface area (Å²) in [6.07, 6.45) is 17.7. The van der Waals surface area contributed by atoms with E-state index in [0.29, 0.717) is 23.1 Å². The highest BCUT2D eigenvalue weighted by molar-refractivity contribution is 7.09. The third-order valence-electron chi connectivity index (χ3n) is 6.98. The van der Waals surface area contributed by atoms with Gasteiger partial charge in [-0.3, -0.25) is 4.79 Å². The molecule has 3 rings (SSSR count). The zero-order valence-electron chi connectivity index (χ0n) is 24.6. The molecule has 0 bridgehead atoms. The maximum atomic E-state index is 12.6. The Morgan fingerprint density at radius 1 is 0.902 bits per heavy atom. The topological polar surface area (TPSA) is 51.4 Å². The maximum absolute atomic E-state index is 12.6. The second-order valence-corrected chi connectivity index (χ2v) is 11.9. The molecule has 2 aromatic carbocycles. The van der Waals surface area contributed by atoms with Crippen LogP contribution in [0.4, 0.5) is 5.69 Å². The Kier molecular flexibility index (Phi) is 17.8. The molecule has 0 spiro atoms. The zero-order chi connectivity index (χ0) is 28.4. The second-order valence-electron chi connectivity index (χ2n) is 10.4. The van der Waals surface area contributed by atoms with Gasteiger partial charge in [-0.25, -0.2) is 0 Å². The molecule has 1 aromatic heterocycles. The Morgan fingerprint density at radius 2 is 1.56 bits per heavy atom. The van der Waals surface area contributed by atoms with Gasteiger partial charge in [0.1, 0.15) is 0 Å². The van der Waals surface area contributed by atoms with Gasteiger partial charge in [-0.2, -0.15) is 4.57 Å². The first-order valence-electron chi connectivity index (χ1n) is 14.9. The van der Waals surface area contributed by atoms with Crippen LogP contribution in [-0.4, -0.2) is 19.1 Å². The van der Waals surface area contributed by atoms with Crippen LogP contribution in [0.2, 0.25) is 5.02 Å². The fraction of sp³-hybridized carbons (Fsp3) is 0.515.